The molecule has 20 heavy (non-hydrogen) atoms. The van der Waals surface area contributed by atoms with Crippen LogP contribution >= 0.6 is 0 Å². The first-order chi connectivity index (χ1) is 9.49. The fraction of sp³-hybridized carbons (Fsp3) is 0.846. The molecule has 2 aliphatic heterocycles. The van der Waals surface area contributed by atoms with Crippen molar-refractivity contribution in [1.82, 2.24) is 9.80 Å². The van der Waals surface area contributed by atoms with E-state index in [4.69, 9.17) is 9.84 Å². The Balaban J connectivity index is 2.11. The Bertz CT molecular complexity index is 389. The Morgan fingerprint density at radius 3 is 2.75 bits per heavy atom. The summed E-state index contributed by atoms with van der Waals surface area (Å²) in [6, 6.07) is -0.267. The number of carboxylic acid groups (broad SMARTS) is 1. The van der Waals surface area contributed by atoms with Crippen LogP contribution in [0, 0.1) is 0 Å². The average Bonchev–Trinajstić information content (AvgIpc) is 2.47. The molecule has 0 aromatic rings. The summed E-state index contributed by atoms with van der Waals surface area (Å²) in [7, 11) is 0. The van der Waals surface area contributed by atoms with Crippen molar-refractivity contribution in [2.24, 2.45) is 0 Å². The predicted octanol–water partition coefficient (Wildman–Crippen LogP) is 0.129. The molecule has 0 saturated carbocycles. The first-order valence-electron chi connectivity index (χ1n) is 7.01. The number of morpholine rings is 1. The second-order valence-corrected chi connectivity index (χ2v) is 5.59. The van der Waals surface area contributed by atoms with Gasteiger partial charge in [0, 0.05) is 13.1 Å². The topological polar surface area (TPSA) is 90.3 Å². The van der Waals surface area contributed by atoms with Crippen molar-refractivity contribution in [3.05, 3.63) is 0 Å². The summed E-state index contributed by atoms with van der Waals surface area (Å²) in [5.74, 6) is -0.961. The fourth-order valence-electron chi connectivity index (χ4n) is 2.82. The number of aliphatic hydroxyl groups excluding tert-OH is 1. The molecule has 2 rings (SSSR count). The third-order valence-corrected chi connectivity index (χ3v) is 4.20. The number of aliphatic hydroxyl groups is 1. The summed E-state index contributed by atoms with van der Waals surface area (Å²) in [5.41, 5.74) is -1.14. The fourth-order valence-corrected chi connectivity index (χ4v) is 2.82. The Morgan fingerprint density at radius 2 is 2.10 bits per heavy atom. The third kappa shape index (κ3) is 2.73. The van der Waals surface area contributed by atoms with Gasteiger partial charge in [0.1, 0.15) is 5.54 Å². The van der Waals surface area contributed by atoms with Gasteiger partial charge in [-0.15, -0.1) is 0 Å². The lowest BCUT2D eigenvalue weighted by Gasteiger charge is -2.45. The second-order valence-electron chi connectivity index (χ2n) is 5.59. The van der Waals surface area contributed by atoms with Crippen molar-refractivity contribution in [2.45, 2.75) is 37.8 Å². The molecule has 7 nitrogen and oxygen atoms in total. The van der Waals surface area contributed by atoms with Crippen molar-refractivity contribution in [3.63, 3.8) is 0 Å². The van der Waals surface area contributed by atoms with Crippen LogP contribution < -0.4 is 0 Å². The number of carbonyl (C=O) groups is 2. The van der Waals surface area contributed by atoms with Gasteiger partial charge in [-0.25, -0.2) is 9.59 Å². The molecule has 2 atom stereocenters. The Kier molecular flexibility index (Phi) is 4.49. The molecule has 0 spiro atoms. The summed E-state index contributed by atoms with van der Waals surface area (Å²) >= 11 is 0. The van der Waals surface area contributed by atoms with Crippen LogP contribution in [0.15, 0.2) is 0 Å². The molecular formula is C13H22N2O5. The molecule has 2 N–H and O–H groups in total. The monoisotopic (exact) mass is 286 g/mol. The van der Waals surface area contributed by atoms with Gasteiger partial charge in [0.05, 0.1) is 25.9 Å². The molecule has 2 amide bonds. The molecule has 2 fully saturated rings. The number of aliphatic carboxylic acids is 1. The van der Waals surface area contributed by atoms with Crippen LogP contribution in [0.1, 0.15) is 26.2 Å². The standard InChI is InChI=1S/C13H22N2O5/c1-13(11(17)18)4-2-3-5-15(13)12(19)14-6-7-20-10(8-14)9-16/h10,16H,2-9H2,1H3,(H,17,18). The molecule has 0 aliphatic carbocycles. The first kappa shape index (κ1) is 15.1. The normalized spacial score (nSPS) is 31.2. The van der Waals surface area contributed by atoms with Crippen LogP contribution in [0.4, 0.5) is 4.79 Å². The Morgan fingerprint density at radius 1 is 1.35 bits per heavy atom. The van der Waals surface area contributed by atoms with Crippen LogP contribution in [-0.2, 0) is 9.53 Å². The number of nitrogens with zero attached hydrogens (tertiary/aromatic N) is 2. The van der Waals surface area contributed by atoms with E-state index >= 15 is 0 Å². The molecule has 2 saturated heterocycles. The molecular weight excluding hydrogens is 264 g/mol. The number of likely N-dealkylation sites (tertiary alicyclic amines) is 1. The smallest absolute Gasteiger partial charge is 0.329 e. The average molecular weight is 286 g/mol. The number of rotatable bonds is 2. The molecule has 7 heteroatoms. The minimum absolute atomic E-state index is 0.139. The number of piperidine rings is 1. The van der Waals surface area contributed by atoms with Gasteiger partial charge in [0.15, 0.2) is 0 Å². The summed E-state index contributed by atoms with van der Waals surface area (Å²) in [4.78, 5) is 27.1. The van der Waals surface area contributed by atoms with E-state index in [1.165, 1.54) is 4.90 Å². The van der Waals surface area contributed by atoms with Crippen molar-refractivity contribution < 1.29 is 24.5 Å². The Hall–Kier alpha value is -1.34. The number of ether oxygens (including phenoxy) is 1. The SMILES string of the molecule is CC1(C(=O)O)CCCCN1C(=O)N1CCOC(CO)C1. The highest BCUT2D eigenvalue weighted by Crippen LogP contribution is 2.29. The zero-order chi connectivity index (χ0) is 14.8. The molecule has 0 bridgehead atoms. The zero-order valence-electron chi connectivity index (χ0n) is 11.7. The lowest BCUT2D eigenvalue weighted by Crippen LogP contribution is -2.62. The Labute approximate surface area is 118 Å². The predicted molar refractivity (Wildman–Crippen MR) is 70.4 cm³/mol. The number of carboxylic acids is 1. The minimum Gasteiger partial charge on any atom is -0.480 e. The summed E-state index contributed by atoms with van der Waals surface area (Å²) in [5, 5.41) is 18.6. The number of urea groups is 1. The van der Waals surface area contributed by atoms with Gasteiger partial charge in [-0.05, 0) is 26.2 Å². The largest absolute Gasteiger partial charge is 0.480 e. The maximum Gasteiger partial charge on any atom is 0.329 e. The van der Waals surface area contributed by atoms with E-state index < -0.39 is 11.5 Å². The number of carbonyl (C=O) groups excluding carboxylic acids is 1. The van der Waals surface area contributed by atoms with Crippen molar-refractivity contribution in [1.29, 1.82) is 0 Å². The number of hydrogen-bond donors (Lipinski definition) is 2. The molecule has 2 unspecified atom stereocenters. The van der Waals surface area contributed by atoms with E-state index in [-0.39, 0.29) is 18.7 Å². The van der Waals surface area contributed by atoms with Crippen LogP contribution in [-0.4, -0.2) is 76.5 Å². The molecule has 0 aromatic carbocycles. The molecule has 2 aliphatic rings. The van der Waals surface area contributed by atoms with Gasteiger partial charge in [0.25, 0.3) is 0 Å². The third-order valence-electron chi connectivity index (χ3n) is 4.20. The van der Waals surface area contributed by atoms with E-state index in [9.17, 15) is 14.7 Å². The quantitative estimate of drug-likeness (QED) is 0.753. The van der Waals surface area contributed by atoms with E-state index in [1.807, 2.05) is 0 Å². The van der Waals surface area contributed by atoms with Gasteiger partial charge in [-0.2, -0.15) is 0 Å². The summed E-state index contributed by atoms with van der Waals surface area (Å²) in [6.45, 7) is 3.04. The highest BCUT2D eigenvalue weighted by molar-refractivity contribution is 5.86. The van der Waals surface area contributed by atoms with Crippen LogP contribution in [0.2, 0.25) is 0 Å². The highest BCUT2D eigenvalue weighted by Gasteiger charge is 2.45. The van der Waals surface area contributed by atoms with Gasteiger partial charge in [-0.3, -0.25) is 0 Å². The van der Waals surface area contributed by atoms with Crippen LogP contribution in [0.25, 0.3) is 0 Å². The minimum atomic E-state index is -1.14. The maximum atomic E-state index is 12.6. The zero-order valence-corrected chi connectivity index (χ0v) is 11.7. The molecule has 0 radical (unpaired) electrons. The van der Waals surface area contributed by atoms with Crippen LogP contribution in [0.3, 0.4) is 0 Å². The highest BCUT2D eigenvalue weighted by atomic mass is 16.5. The van der Waals surface area contributed by atoms with Crippen molar-refractivity contribution >= 4 is 12.0 Å². The van der Waals surface area contributed by atoms with E-state index in [2.05, 4.69) is 0 Å². The van der Waals surface area contributed by atoms with Gasteiger partial charge in [0.2, 0.25) is 0 Å². The van der Waals surface area contributed by atoms with Crippen molar-refractivity contribution in [2.75, 3.05) is 32.8 Å². The van der Waals surface area contributed by atoms with Gasteiger partial charge < -0.3 is 24.7 Å². The van der Waals surface area contributed by atoms with Gasteiger partial charge >= 0.3 is 12.0 Å². The molecule has 2 heterocycles. The summed E-state index contributed by atoms with van der Waals surface area (Å²) < 4.78 is 5.32. The second kappa shape index (κ2) is 5.97. The number of amides is 2. The maximum absolute atomic E-state index is 12.6. The molecule has 114 valence electrons. The van der Waals surface area contributed by atoms with Gasteiger partial charge in [-0.1, -0.05) is 0 Å². The van der Waals surface area contributed by atoms with E-state index in [1.54, 1.807) is 11.8 Å². The first-order valence-corrected chi connectivity index (χ1v) is 7.01. The van der Waals surface area contributed by atoms with Crippen molar-refractivity contribution in [3.8, 4) is 0 Å². The number of hydrogen-bond acceptors (Lipinski definition) is 4. The lowest BCUT2D eigenvalue weighted by atomic mass is 9.89. The van der Waals surface area contributed by atoms with E-state index in [0.29, 0.717) is 32.7 Å². The van der Waals surface area contributed by atoms with E-state index in [0.717, 1.165) is 12.8 Å². The summed E-state index contributed by atoms with van der Waals surface area (Å²) in [6.07, 6.45) is 1.73. The molecule has 0 aromatic heterocycles. The lowest BCUT2D eigenvalue weighted by molar-refractivity contribution is -0.151. The van der Waals surface area contributed by atoms with Crippen LogP contribution in [0.5, 0.6) is 0 Å².